The van der Waals surface area contributed by atoms with E-state index in [1.165, 1.54) is 31.2 Å². The predicted molar refractivity (Wildman–Crippen MR) is 134 cm³/mol. The Labute approximate surface area is 222 Å². The zero-order valence-corrected chi connectivity index (χ0v) is 22.1. The lowest BCUT2D eigenvalue weighted by atomic mass is 9.71. The van der Waals surface area contributed by atoms with Gasteiger partial charge < -0.3 is 10.1 Å². The maximum Gasteiger partial charge on any atom is 0.574 e. The van der Waals surface area contributed by atoms with Crippen LogP contribution < -0.4 is 10.1 Å². The third-order valence-electron chi connectivity index (χ3n) is 6.48. The number of nitrogens with zero attached hydrogens (tertiary/aromatic N) is 3. The largest absolute Gasteiger partial charge is 0.574 e. The van der Waals surface area contributed by atoms with Gasteiger partial charge in [0.15, 0.2) is 15.6 Å². The van der Waals surface area contributed by atoms with Crippen LogP contribution in [0.5, 0.6) is 5.88 Å². The first-order valence-electron chi connectivity index (χ1n) is 12.0. The molecule has 0 radical (unpaired) electrons. The van der Waals surface area contributed by atoms with Crippen LogP contribution in [0.4, 0.5) is 19.0 Å². The van der Waals surface area contributed by atoms with Gasteiger partial charge in [0.2, 0.25) is 11.8 Å². The first-order valence-corrected chi connectivity index (χ1v) is 13.6. The van der Waals surface area contributed by atoms with Crippen LogP contribution in [-0.2, 0) is 32.9 Å². The number of hydrogen-bond donors (Lipinski definition) is 1. The maximum atomic E-state index is 13.4. The van der Waals surface area contributed by atoms with Crippen LogP contribution in [0.2, 0.25) is 0 Å². The summed E-state index contributed by atoms with van der Waals surface area (Å²) in [4.78, 5) is 38.5. The van der Waals surface area contributed by atoms with Crippen molar-refractivity contribution in [2.75, 3.05) is 11.1 Å². The van der Waals surface area contributed by atoms with E-state index in [0.29, 0.717) is 17.7 Å². The molecule has 0 spiro atoms. The minimum atomic E-state index is -4.94. The molecule has 39 heavy (non-hydrogen) atoms. The second-order valence-electron chi connectivity index (χ2n) is 9.31. The number of ether oxygens (including phenoxy) is 1. The van der Waals surface area contributed by atoms with E-state index >= 15 is 0 Å². The Morgan fingerprint density at radius 2 is 1.79 bits per heavy atom. The van der Waals surface area contributed by atoms with E-state index in [2.05, 4.69) is 25.0 Å². The van der Waals surface area contributed by atoms with Gasteiger partial charge in [-0.2, -0.15) is 4.98 Å². The highest BCUT2D eigenvalue weighted by Crippen LogP contribution is 2.38. The second-order valence-corrected chi connectivity index (χ2v) is 11.6. The minimum absolute atomic E-state index is 0.0163. The molecule has 0 fully saturated rings. The summed E-state index contributed by atoms with van der Waals surface area (Å²) < 4.78 is 66.0. The molecular formula is C26H25F3N4O5S. The average Bonchev–Trinajstić information content (AvgIpc) is 2.85. The number of aryl methyl sites for hydroxylation is 2. The van der Waals surface area contributed by atoms with Crippen molar-refractivity contribution in [1.82, 2.24) is 15.0 Å². The summed E-state index contributed by atoms with van der Waals surface area (Å²) in [6.07, 6.45) is -4.42. The van der Waals surface area contributed by atoms with Crippen molar-refractivity contribution in [3.05, 3.63) is 70.8 Å². The van der Waals surface area contributed by atoms with Crippen LogP contribution in [0.3, 0.4) is 0 Å². The van der Waals surface area contributed by atoms with Gasteiger partial charge in [-0.1, -0.05) is 19.1 Å². The third-order valence-corrected chi connectivity index (χ3v) is 8.23. The van der Waals surface area contributed by atoms with Crippen molar-refractivity contribution in [1.29, 1.82) is 0 Å². The van der Waals surface area contributed by atoms with Gasteiger partial charge in [-0.25, -0.2) is 18.4 Å². The summed E-state index contributed by atoms with van der Waals surface area (Å²) in [5, 5.41) is 2.68. The van der Waals surface area contributed by atoms with Crippen molar-refractivity contribution < 1.29 is 35.9 Å². The number of carbonyl (C=O) groups excluding carboxylic acids is 2. The van der Waals surface area contributed by atoms with Gasteiger partial charge in [-0.15, -0.1) is 13.2 Å². The normalized spacial score (nSPS) is 17.4. The van der Waals surface area contributed by atoms with Gasteiger partial charge in [0.05, 0.1) is 33.9 Å². The number of Topliss-reactive ketones (excluding diaryl/α,β-unsaturated/α-hetero) is 1. The van der Waals surface area contributed by atoms with Crippen molar-refractivity contribution in [3.63, 3.8) is 0 Å². The van der Waals surface area contributed by atoms with E-state index in [1.54, 1.807) is 26.0 Å². The summed E-state index contributed by atoms with van der Waals surface area (Å²) in [6, 6.07) is 10.1. The molecule has 0 aliphatic heterocycles. The topological polar surface area (TPSA) is 128 Å². The molecule has 2 heterocycles. The molecule has 2 aromatic heterocycles. The Hall–Kier alpha value is -3.87. The number of halogens is 3. The standard InChI is InChI=1S/C26H25F3N4O5S/c1-4-39(36,37)17-7-5-16(6-8-17)13-22(34)33-21-10-9-18-19(32-21)11-12-25(3,24(18)35)20-14-23(31-15(2)30-20)38-26(27,28)29/h5-10,14H,4,11-13H2,1-3H3,(H,32,33,34). The van der Waals surface area contributed by atoms with Gasteiger partial charge in [0.25, 0.3) is 0 Å². The molecular weight excluding hydrogens is 537 g/mol. The van der Waals surface area contributed by atoms with Gasteiger partial charge in [-0.05, 0) is 56.5 Å². The number of benzene rings is 1. The molecule has 1 N–H and O–H groups in total. The molecule has 1 atom stereocenters. The minimum Gasteiger partial charge on any atom is -0.388 e. The highest BCUT2D eigenvalue weighted by Gasteiger charge is 2.43. The fourth-order valence-electron chi connectivity index (χ4n) is 4.34. The number of nitrogens with one attached hydrogen (secondary N) is 1. The SMILES string of the molecule is CCS(=O)(=O)c1ccc(CC(=O)Nc2ccc3c(n2)CCC(C)(c2cc(OC(F)(F)F)nc(C)n2)C3=O)cc1. The van der Waals surface area contributed by atoms with Crippen LogP contribution >= 0.6 is 0 Å². The van der Waals surface area contributed by atoms with Gasteiger partial charge in [-0.3, -0.25) is 9.59 Å². The molecule has 9 nitrogen and oxygen atoms in total. The van der Waals surface area contributed by atoms with Crippen molar-refractivity contribution in [3.8, 4) is 5.88 Å². The predicted octanol–water partition coefficient (Wildman–Crippen LogP) is 4.14. The molecule has 4 rings (SSSR count). The van der Waals surface area contributed by atoms with Crippen LogP contribution in [0.1, 0.15) is 53.4 Å². The lowest BCUT2D eigenvalue weighted by Crippen LogP contribution is -2.39. The Bertz CT molecular complexity index is 1540. The average molecular weight is 563 g/mol. The van der Waals surface area contributed by atoms with E-state index < -0.39 is 27.5 Å². The molecule has 0 saturated heterocycles. The molecule has 1 aliphatic rings. The maximum absolute atomic E-state index is 13.4. The van der Waals surface area contributed by atoms with Crippen molar-refractivity contribution in [2.24, 2.45) is 0 Å². The zero-order chi connectivity index (χ0) is 28.6. The van der Waals surface area contributed by atoms with Gasteiger partial charge in [0.1, 0.15) is 11.6 Å². The highest BCUT2D eigenvalue weighted by atomic mass is 32.2. The molecule has 206 valence electrons. The lowest BCUT2D eigenvalue weighted by molar-refractivity contribution is -0.276. The molecule has 0 saturated carbocycles. The number of sulfone groups is 1. The number of hydrogen-bond acceptors (Lipinski definition) is 8. The number of amides is 1. The van der Waals surface area contributed by atoms with Crippen LogP contribution in [0.25, 0.3) is 0 Å². The van der Waals surface area contributed by atoms with E-state index in [9.17, 15) is 31.2 Å². The number of fused-ring (bicyclic) bond motifs is 1. The summed E-state index contributed by atoms with van der Waals surface area (Å²) in [5.41, 5.74) is 0.223. The highest BCUT2D eigenvalue weighted by molar-refractivity contribution is 7.91. The molecule has 1 aliphatic carbocycles. The summed E-state index contributed by atoms with van der Waals surface area (Å²) in [6.45, 7) is 4.57. The van der Waals surface area contributed by atoms with Crippen molar-refractivity contribution >= 4 is 27.3 Å². The van der Waals surface area contributed by atoms with Crippen LogP contribution in [-0.4, -0.2) is 47.2 Å². The van der Waals surface area contributed by atoms with Crippen molar-refractivity contribution in [2.45, 2.75) is 56.7 Å². The first kappa shape index (κ1) is 28.1. The second kappa shape index (κ2) is 10.4. The zero-order valence-electron chi connectivity index (χ0n) is 21.3. The lowest BCUT2D eigenvalue weighted by Gasteiger charge is -2.32. The fourth-order valence-corrected chi connectivity index (χ4v) is 5.22. The smallest absolute Gasteiger partial charge is 0.388 e. The summed E-state index contributed by atoms with van der Waals surface area (Å²) >= 11 is 0. The third kappa shape index (κ3) is 6.24. The van der Waals surface area contributed by atoms with E-state index in [4.69, 9.17) is 0 Å². The van der Waals surface area contributed by atoms with E-state index in [0.717, 1.165) is 6.07 Å². The number of pyridine rings is 1. The Morgan fingerprint density at radius 3 is 2.44 bits per heavy atom. The molecule has 13 heteroatoms. The summed E-state index contributed by atoms with van der Waals surface area (Å²) in [5.74, 6) is -1.20. The first-order chi connectivity index (χ1) is 18.2. The van der Waals surface area contributed by atoms with Gasteiger partial charge >= 0.3 is 6.36 Å². The summed E-state index contributed by atoms with van der Waals surface area (Å²) in [7, 11) is -3.34. The Morgan fingerprint density at radius 1 is 1.10 bits per heavy atom. The number of anilines is 1. The van der Waals surface area contributed by atoms with Gasteiger partial charge in [0, 0.05) is 11.6 Å². The fraction of sp³-hybridized carbons (Fsp3) is 0.346. The number of rotatable bonds is 7. The Balaban J connectivity index is 1.49. The number of aromatic nitrogens is 3. The van der Waals surface area contributed by atoms with Crippen LogP contribution in [0, 0.1) is 6.92 Å². The van der Waals surface area contributed by atoms with Crippen LogP contribution in [0.15, 0.2) is 47.4 Å². The quantitative estimate of drug-likeness (QED) is 0.455. The number of ketones is 1. The number of carbonyl (C=O) groups is 2. The van der Waals surface area contributed by atoms with E-state index in [-0.39, 0.29) is 58.1 Å². The molecule has 1 amide bonds. The molecule has 1 unspecified atom stereocenters. The molecule has 1 aromatic carbocycles. The molecule has 0 bridgehead atoms. The monoisotopic (exact) mass is 562 g/mol. The molecule has 3 aromatic rings. The van der Waals surface area contributed by atoms with E-state index in [1.807, 2.05) is 0 Å². The number of alkyl halides is 3. The Kier molecular flexibility index (Phi) is 7.48.